The van der Waals surface area contributed by atoms with Crippen molar-refractivity contribution >= 4 is 0 Å². The Morgan fingerprint density at radius 3 is 2.44 bits per heavy atom. The first-order valence-electron chi connectivity index (χ1n) is 15.2. The van der Waals surface area contributed by atoms with Gasteiger partial charge in [0, 0.05) is 24.5 Å². The van der Waals surface area contributed by atoms with Gasteiger partial charge in [-0.05, 0) is 63.1 Å². The van der Waals surface area contributed by atoms with Gasteiger partial charge in [0.25, 0.3) is 0 Å². The smallest absolute Gasteiger partial charge is 0.229 e. The summed E-state index contributed by atoms with van der Waals surface area (Å²) < 4.78 is 23.7. The summed E-state index contributed by atoms with van der Waals surface area (Å²) in [4.78, 5) is 0. The van der Waals surface area contributed by atoms with E-state index in [1.165, 1.54) is 5.57 Å². The van der Waals surface area contributed by atoms with Crippen molar-refractivity contribution in [1.82, 2.24) is 0 Å². The van der Waals surface area contributed by atoms with E-state index in [4.69, 9.17) is 18.9 Å². The van der Waals surface area contributed by atoms with E-state index in [0.717, 1.165) is 30.4 Å². The number of ether oxygens (including phenoxy) is 4. The number of phenolic OH excluding ortho intramolecular Hbond substituents is 1. The number of aliphatic hydroxyl groups excluding tert-OH is 6. The van der Waals surface area contributed by atoms with Crippen molar-refractivity contribution in [1.29, 1.82) is 0 Å². The molecule has 0 radical (unpaired) electrons. The zero-order valence-electron chi connectivity index (χ0n) is 25.2. The number of benzene rings is 1. The molecule has 242 valence electrons. The van der Waals surface area contributed by atoms with E-state index in [0.29, 0.717) is 12.0 Å². The quantitative estimate of drug-likeness (QED) is 0.182. The van der Waals surface area contributed by atoms with Gasteiger partial charge in [-0.3, -0.25) is 0 Å². The van der Waals surface area contributed by atoms with Crippen LogP contribution in [-0.4, -0.2) is 104 Å². The third-order valence-electron chi connectivity index (χ3n) is 8.74. The molecular weight excluding hydrogens is 560 g/mol. The van der Waals surface area contributed by atoms with E-state index < -0.39 is 61.9 Å². The van der Waals surface area contributed by atoms with Crippen LogP contribution in [0.3, 0.4) is 0 Å². The summed E-state index contributed by atoms with van der Waals surface area (Å²) in [5.74, 6) is 0.119. The molecule has 3 aliphatic rings. The van der Waals surface area contributed by atoms with Crippen LogP contribution in [0.25, 0.3) is 0 Å². The Morgan fingerprint density at radius 1 is 1.05 bits per heavy atom. The van der Waals surface area contributed by atoms with E-state index in [-0.39, 0.29) is 42.8 Å². The van der Waals surface area contributed by atoms with Crippen LogP contribution in [-0.2, 0) is 20.6 Å². The number of allylic oxidation sites excluding steroid dienone is 3. The zero-order chi connectivity index (χ0) is 31.4. The summed E-state index contributed by atoms with van der Waals surface area (Å²) in [5.41, 5.74) is 3.48. The van der Waals surface area contributed by atoms with Crippen molar-refractivity contribution < 1.29 is 54.7 Å². The van der Waals surface area contributed by atoms with Crippen LogP contribution in [0.2, 0.25) is 0 Å². The molecule has 2 fully saturated rings. The van der Waals surface area contributed by atoms with E-state index in [1.54, 1.807) is 12.1 Å². The average molecular weight is 609 g/mol. The van der Waals surface area contributed by atoms with E-state index in [9.17, 15) is 35.7 Å². The number of hydrogen-bond donors (Lipinski definition) is 7. The largest absolute Gasteiger partial charge is 0.507 e. The lowest BCUT2D eigenvalue weighted by molar-refractivity contribution is -0.340. The molecule has 0 saturated carbocycles. The zero-order valence-corrected chi connectivity index (χ0v) is 25.2. The van der Waals surface area contributed by atoms with Crippen molar-refractivity contribution in [2.24, 2.45) is 5.92 Å². The van der Waals surface area contributed by atoms with Gasteiger partial charge < -0.3 is 54.7 Å². The molecule has 11 heteroatoms. The van der Waals surface area contributed by atoms with Crippen LogP contribution in [0.15, 0.2) is 35.9 Å². The van der Waals surface area contributed by atoms with Gasteiger partial charge in [0.05, 0.1) is 18.8 Å². The maximum atomic E-state index is 11.4. The first kappa shape index (κ1) is 33.8. The molecule has 2 heterocycles. The minimum Gasteiger partial charge on any atom is -0.507 e. The summed E-state index contributed by atoms with van der Waals surface area (Å²) >= 11 is 0. The second kappa shape index (κ2) is 14.8. The highest BCUT2D eigenvalue weighted by Gasteiger charge is 2.50. The van der Waals surface area contributed by atoms with Gasteiger partial charge in [-0.1, -0.05) is 37.1 Å². The second-order valence-electron chi connectivity index (χ2n) is 12.2. The van der Waals surface area contributed by atoms with Gasteiger partial charge in [-0.2, -0.15) is 0 Å². The molecule has 1 aliphatic carbocycles. The van der Waals surface area contributed by atoms with Gasteiger partial charge in [-0.25, -0.2) is 0 Å². The Bertz CT molecular complexity index is 1120. The highest BCUT2D eigenvalue weighted by molar-refractivity contribution is 5.52. The van der Waals surface area contributed by atoms with Crippen molar-refractivity contribution in [2.75, 3.05) is 13.2 Å². The fourth-order valence-electron chi connectivity index (χ4n) is 6.39. The van der Waals surface area contributed by atoms with Crippen LogP contribution in [0.5, 0.6) is 11.5 Å². The Morgan fingerprint density at radius 2 is 1.79 bits per heavy atom. The van der Waals surface area contributed by atoms with Crippen LogP contribution >= 0.6 is 0 Å². The average Bonchev–Trinajstić information content (AvgIpc) is 2.95. The summed E-state index contributed by atoms with van der Waals surface area (Å²) in [6, 6.07) is 3.53. The molecule has 2 saturated heterocycles. The first-order chi connectivity index (χ1) is 20.5. The van der Waals surface area contributed by atoms with E-state index in [2.05, 4.69) is 12.7 Å². The van der Waals surface area contributed by atoms with Gasteiger partial charge in [-0.15, -0.1) is 0 Å². The molecular formula is C32H48O11. The molecule has 11 atom stereocenters. The summed E-state index contributed by atoms with van der Waals surface area (Å²) in [6.45, 7) is 9.36. The van der Waals surface area contributed by atoms with Crippen LogP contribution in [0.1, 0.15) is 69.9 Å². The molecule has 0 unspecified atom stereocenters. The van der Waals surface area contributed by atoms with Crippen molar-refractivity contribution in [3.05, 3.63) is 47.1 Å². The number of hydrogen-bond acceptors (Lipinski definition) is 11. The molecule has 1 aromatic rings. The number of aromatic hydroxyl groups is 1. The highest BCUT2D eigenvalue weighted by Crippen LogP contribution is 2.47. The summed E-state index contributed by atoms with van der Waals surface area (Å²) in [5, 5.41) is 73.9. The number of rotatable bonds is 11. The molecule has 1 aromatic carbocycles. The fourth-order valence-corrected chi connectivity index (χ4v) is 6.39. The number of aliphatic hydroxyl groups is 6. The van der Waals surface area contributed by atoms with Crippen LogP contribution in [0.4, 0.5) is 0 Å². The monoisotopic (exact) mass is 608 g/mol. The lowest BCUT2D eigenvalue weighted by atomic mass is 9.73. The third-order valence-corrected chi connectivity index (χ3v) is 8.74. The minimum absolute atomic E-state index is 0.0394. The fraction of sp³-hybridized carbons (Fsp3) is 0.688. The van der Waals surface area contributed by atoms with Crippen molar-refractivity contribution in [2.45, 2.75) is 121 Å². The Balaban J connectivity index is 1.68. The van der Waals surface area contributed by atoms with Crippen LogP contribution in [0, 0.1) is 5.92 Å². The van der Waals surface area contributed by atoms with E-state index >= 15 is 0 Å². The minimum atomic E-state index is -1.63. The predicted molar refractivity (Wildman–Crippen MR) is 156 cm³/mol. The lowest BCUT2D eigenvalue weighted by Gasteiger charge is -2.45. The maximum absolute atomic E-state index is 11.4. The number of phenols is 1. The number of aryl methyl sites for hydroxylation is 1. The molecule has 0 aromatic heterocycles. The molecule has 0 amide bonds. The molecule has 7 N–H and O–H groups in total. The highest BCUT2D eigenvalue weighted by atomic mass is 16.7. The Kier molecular flexibility index (Phi) is 11.7. The summed E-state index contributed by atoms with van der Waals surface area (Å²) in [7, 11) is 0. The normalized spacial score (nSPS) is 36.7. The molecule has 2 aliphatic heterocycles. The first-order valence-corrected chi connectivity index (χ1v) is 15.2. The second-order valence-corrected chi connectivity index (χ2v) is 12.2. The molecule has 43 heavy (non-hydrogen) atoms. The van der Waals surface area contributed by atoms with Gasteiger partial charge in [0.1, 0.15) is 42.0 Å². The lowest BCUT2D eigenvalue weighted by Crippen LogP contribution is -2.63. The van der Waals surface area contributed by atoms with Crippen molar-refractivity contribution in [3.8, 4) is 11.5 Å². The van der Waals surface area contributed by atoms with Crippen LogP contribution < -0.4 is 4.74 Å². The molecule has 11 nitrogen and oxygen atoms in total. The topological polar surface area (TPSA) is 179 Å². The maximum Gasteiger partial charge on any atom is 0.229 e. The molecule has 0 bridgehead atoms. The van der Waals surface area contributed by atoms with E-state index in [1.807, 2.05) is 20.8 Å². The SMILES string of the molecule is C=C(C)[C@@H]1CCC(C)=C[C@H]1c1c(O)cc(CCC)cc1O[C@@H]1O[C@H](CO)[C@@H](O)[C@H](O[C@H]2O[C@H](CCO)C[C@H](O)[C@H]2O)[C@H]1O. The Hall–Kier alpha value is -2.06. The molecule has 0 spiro atoms. The van der Waals surface area contributed by atoms with Gasteiger partial charge in [0.15, 0.2) is 6.29 Å². The van der Waals surface area contributed by atoms with Gasteiger partial charge in [0.2, 0.25) is 6.29 Å². The Labute approximate surface area is 253 Å². The van der Waals surface area contributed by atoms with Gasteiger partial charge >= 0.3 is 0 Å². The predicted octanol–water partition coefficient (Wildman–Crippen LogP) is 1.78. The third kappa shape index (κ3) is 7.61. The molecule has 4 rings (SSSR count). The standard InChI is InChI=1S/C32H48O11/c1-5-6-18-12-22(35)26(21-11-17(4)7-8-20(21)16(2)3)24(13-18)41-32-29(39)30(28(38)25(15-34)42-32)43-31-27(37)23(36)14-19(40-31)9-10-33/h11-13,19-21,23,25,27-39H,2,5-10,14-15H2,1,3-4H3/t19-,20+,21-,23+,25-,27-,28-,29-,30+,31-,32-/m1/s1. The van der Waals surface area contributed by atoms with Crippen molar-refractivity contribution in [3.63, 3.8) is 0 Å². The summed E-state index contributed by atoms with van der Waals surface area (Å²) in [6.07, 6.45) is -6.46.